The molecule has 0 aliphatic rings. The Labute approximate surface area is 229 Å². The molecule has 35 heavy (non-hydrogen) atoms. The predicted octanol–water partition coefficient (Wildman–Crippen LogP) is 5.99. The maximum Gasteiger partial charge on any atom is 0.261 e. The standard InChI is InChI=1S/C28H30BrIN2O3/c1-28(2,3)31-27(34)25(17-20-8-5-4-6-9-20)32(18-21-10-7-11-22(29)16-21)26(33)19-35-24-14-12-23(30)13-15-24/h4-16,25H,17-19H2,1-3H3,(H,31,34)/t25-/m0/s1. The minimum absolute atomic E-state index is 0.164. The quantitative estimate of drug-likeness (QED) is 0.290. The third-order valence-corrected chi connectivity index (χ3v) is 6.40. The summed E-state index contributed by atoms with van der Waals surface area (Å²) < 4.78 is 7.81. The monoisotopic (exact) mass is 648 g/mol. The predicted molar refractivity (Wildman–Crippen MR) is 151 cm³/mol. The molecule has 184 valence electrons. The molecule has 2 amide bonds. The van der Waals surface area contributed by atoms with E-state index in [-0.39, 0.29) is 25.0 Å². The van der Waals surface area contributed by atoms with Crippen molar-refractivity contribution < 1.29 is 14.3 Å². The van der Waals surface area contributed by atoms with Gasteiger partial charge in [0.15, 0.2) is 6.61 Å². The number of rotatable bonds is 9. The summed E-state index contributed by atoms with van der Waals surface area (Å²) in [7, 11) is 0. The van der Waals surface area contributed by atoms with E-state index in [2.05, 4.69) is 43.8 Å². The van der Waals surface area contributed by atoms with Gasteiger partial charge in [0, 0.05) is 26.5 Å². The summed E-state index contributed by atoms with van der Waals surface area (Å²) >= 11 is 5.73. The lowest BCUT2D eigenvalue weighted by Crippen LogP contribution is -2.55. The molecule has 1 N–H and O–H groups in total. The van der Waals surface area contributed by atoms with Crippen LogP contribution in [-0.4, -0.2) is 34.9 Å². The first-order valence-electron chi connectivity index (χ1n) is 11.4. The van der Waals surface area contributed by atoms with E-state index in [0.29, 0.717) is 12.2 Å². The van der Waals surface area contributed by atoms with E-state index in [1.807, 2.05) is 99.6 Å². The first-order chi connectivity index (χ1) is 16.6. The molecule has 0 aromatic heterocycles. The number of hydrogen-bond donors (Lipinski definition) is 1. The molecule has 0 spiro atoms. The molecule has 0 fully saturated rings. The van der Waals surface area contributed by atoms with Crippen LogP contribution in [0.15, 0.2) is 83.3 Å². The molecule has 0 unspecified atom stereocenters. The van der Waals surface area contributed by atoms with Crippen molar-refractivity contribution in [2.45, 2.75) is 45.3 Å². The van der Waals surface area contributed by atoms with Gasteiger partial charge in [-0.15, -0.1) is 0 Å². The number of halogens is 2. The van der Waals surface area contributed by atoms with Crippen LogP contribution in [-0.2, 0) is 22.6 Å². The molecule has 1 atom stereocenters. The Bertz CT molecular complexity index is 1130. The van der Waals surface area contributed by atoms with E-state index in [1.165, 1.54) is 0 Å². The van der Waals surface area contributed by atoms with E-state index >= 15 is 0 Å². The Hall–Kier alpha value is -2.39. The number of nitrogens with zero attached hydrogens (tertiary/aromatic N) is 1. The number of benzene rings is 3. The molecule has 0 aliphatic carbocycles. The molecule has 3 rings (SSSR count). The molecule has 0 heterocycles. The van der Waals surface area contributed by atoms with Crippen LogP contribution in [0.5, 0.6) is 5.75 Å². The molecule has 7 heteroatoms. The molecular weight excluding hydrogens is 619 g/mol. The van der Waals surface area contributed by atoms with Crippen LogP contribution < -0.4 is 10.1 Å². The average Bonchev–Trinajstić information content (AvgIpc) is 2.80. The van der Waals surface area contributed by atoms with Gasteiger partial charge in [-0.2, -0.15) is 0 Å². The van der Waals surface area contributed by atoms with Crippen molar-refractivity contribution in [3.05, 3.63) is 98.0 Å². The van der Waals surface area contributed by atoms with Crippen LogP contribution in [0, 0.1) is 3.57 Å². The van der Waals surface area contributed by atoms with Crippen molar-refractivity contribution >= 4 is 50.3 Å². The van der Waals surface area contributed by atoms with Gasteiger partial charge in [0.05, 0.1) is 0 Å². The normalized spacial score (nSPS) is 12.0. The highest BCUT2D eigenvalue weighted by molar-refractivity contribution is 14.1. The highest BCUT2D eigenvalue weighted by Crippen LogP contribution is 2.19. The number of hydrogen-bond acceptors (Lipinski definition) is 3. The molecule has 5 nitrogen and oxygen atoms in total. The van der Waals surface area contributed by atoms with E-state index < -0.39 is 11.6 Å². The van der Waals surface area contributed by atoms with E-state index in [9.17, 15) is 9.59 Å². The molecule has 0 aliphatic heterocycles. The van der Waals surface area contributed by atoms with Gasteiger partial charge < -0.3 is 15.0 Å². The fraction of sp³-hybridized carbons (Fsp3) is 0.286. The lowest BCUT2D eigenvalue weighted by Gasteiger charge is -2.33. The largest absolute Gasteiger partial charge is 0.484 e. The molecule has 3 aromatic carbocycles. The van der Waals surface area contributed by atoms with Gasteiger partial charge in [0.25, 0.3) is 5.91 Å². The first kappa shape index (κ1) is 27.2. The average molecular weight is 649 g/mol. The van der Waals surface area contributed by atoms with Gasteiger partial charge in [-0.25, -0.2) is 0 Å². The number of carbonyl (C=O) groups excluding carboxylic acids is 2. The zero-order chi connectivity index (χ0) is 25.4. The Morgan fingerprint density at radius 2 is 1.63 bits per heavy atom. The van der Waals surface area contributed by atoms with Crippen LogP contribution in [0.25, 0.3) is 0 Å². The summed E-state index contributed by atoms with van der Waals surface area (Å²) in [5.41, 5.74) is 1.46. The fourth-order valence-electron chi connectivity index (χ4n) is 3.60. The summed E-state index contributed by atoms with van der Waals surface area (Å²) in [6.07, 6.45) is 0.395. The van der Waals surface area contributed by atoms with Gasteiger partial charge in [0.1, 0.15) is 11.8 Å². The Balaban J connectivity index is 1.92. The van der Waals surface area contributed by atoms with Crippen molar-refractivity contribution in [1.82, 2.24) is 10.2 Å². The van der Waals surface area contributed by atoms with Crippen LogP contribution in [0.2, 0.25) is 0 Å². The van der Waals surface area contributed by atoms with Gasteiger partial charge >= 0.3 is 0 Å². The minimum atomic E-state index is -0.705. The summed E-state index contributed by atoms with van der Waals surface area (Å²) in [4.78, 5) is 28.7. The van der Waals surface area contributed by atoms with E-state index in [0.717, 1.165) is 19.2 Å². The van der Waals surface area contributed by atoms with E-state index in [4.69, 9.17) is 4.74 Å². The zero-order valence-electron chi connectivity index (χ0n) is 20.1. The second-order valence-electron chi connectivity index (χ2n) is 9.34. The van der Waals surface area contributed by atoms with Crippen molar-refractivity contribution in [1.29, 1.82) is 0 Å². The highest BCUT2D eigenvalue weighted by Gasteiger charge is 2.32. The third kappa shape index (κ3) is 8.96. The van der Waals surface area contributed by atoms with Gasteiger partial charge in [-0.1, -0.05) is 58.4 Å². The van der Waals surface area contributed by atoms with Crippen LogP contribution in [0.1, 0.15) is 31.9 Å². The van der Waals surface area contributed by atoms with Crippen molar-refractivity contribution in [2.75, 3.05) is 6.61 Å². The lowest BCUT2D eigenvalue weighted by atomic mass is 10.0. The molecule has 3 aromatic rings. The van der Waals surface area contributed by atoms with Crippen LogP contribution in [0.3, 0.4) is 0 Å². The van der Waals surface area contributed by atoms with E-state index in [1.54, 1.807) is 4.90 Å². The maximum atomic E-state index is 13.6. The summed E-state index contributed by atoms with van der Waals surface area (Å²) in [5.74, 6) is 0.160. The Kier molecular flexibility index (Phi) is 9.74. The van der Waals surface area contributed by atoms with Crippen LogP contribution in [0.4, 0.5) is 0 Å². The summed E-state index contributed by atoms with van der Waals surface area (Å²) in [6, 6.07) is 24.3. The number of nitrogens with one attached hydrogen (secondary N) is 1. The number of amides is 2. The van der Waals surface area contributed by atoms with Crippen molar-refractivity contribution in [3.8, 4) is 5.75 Å². The molecule has 0 saturated heterocycles. The number of ether oxygens (including phenoxy) is 1. The topological polar surface area (TPSA) is 58.6 Å². The molecular formula is C28H30BrIN2O3. The highest BCUT2D eigenvalue weighted by atomic mass is 127. The summed E-state index contributed by atoms with van der Waals surface area (Å²) in [5, 5.41) is 3.07. The van der Waals surface area contributed by atoms with Crippen molar-refractivity contribution in [2.24, 2.45) is 0 Å². The smallest absolute Gasteiger partial charge is 0.261 e. The second-order valence-corrected chi connectivity index (χ2v) is 11.5. The molecule has 0 saturated carbocycles. The second kappa shape index (κ2) is 12.5. The third-order valence-electron chi connectivity index (χ3n) is 5.19. The lowest BCUT2D eigenvalue weighted by molar-refractivity contribution is -0.143. The first-order valence-corrected chi connectivity index (χ1v) is 13.3. The number of carbonyl (C=O) groups is 2. The zero-order valence-corrected chi connectivity index (χ0v) is 23.9. The van der Waals surface area contributed by atoms with Gasteiger partial charge in [-0.3, -0.25) is 9.59 Å². The van der Waals surface area contributed by atoms with Crippen LogP contribution >= 0.6 is 38.5 Å². The minimum Gasteiger partial charge on any atom is -0.484 e. The fourth-order valence-corrected chi connectivity index (χ4v) is 4.40. The molecule has 0 bridgehead atoms. The van der Waals surface area contributed by atoms with Crippen molar-refractivity contribution in [3.63, 3.8) is 0 Å². The SMILES string of the molecule is CC(C)(C)NC(=O)[C@H](Cc1ccccc1)N(Cc1cccc(Br)c1)C(=O)COc1ccc(I)cc1. The Morgan fingerprint density at radius 3 is 2.26 bits per heavy atom. The summed E-state index contributed by atoms with van der Waals surface area (Å²) in [6.45, 7) is 5.92. The Morgan fingerprint density at radius 1 is 0.971 bits per heavy atom. The maximum absolute atomic E-state index is 13.6. The molecule has 0 radical (unpaired) electrons. The van der Waals surface area contributed by atoms with Gasteiger partial charge in [-0.05, 0) is 90.9 Å². The van der Waals surface area contributed by atoms with Gasteiger partial charge in [0.2, 0.25) is 5.91 Å².